The van der Waals surface area contributed by atoms with Crippen LogP contribution in [0.5, 0.6) is 34.5 Å². The monoisotopic (exact) mass is 822 g/mol. The third-order valence-electron chi connectivity index (χ3n) is 8.83. The number of nitrogen functional groups attached to an aromatic ring is 3. The minimum absolute atomic E-state index is 0.204. The number of hydrogen-bond donors (Lipinski definition) is 3. The summed E-state index contributed by atoms with van der Waals surface area (Å²) in [5.41, 5.74) is 23.3. The van der Waals surface area contributed by atoms with Crippen LogP contribution in [-0.4, -0.2) is 9.21 Å². The molecule has 0 aromatic heterocycles. The number of anilines is 3. The van der Waals surface area contributed by atoms with Crippen LogP contribution in [0.25, 0.3) is 0 Å². The number of hydrogen-bond acceptors (Lipinski definition) is 12. The summed E-state index contributed by atoms with van der Waals surface area (Å²) in [5.74, 6) is 2.54. The van der Waals surface area contributed by atoms with Crippen molar-refractivity contribution in [1.29, 1.82) is 0 Å². The first-order valence-electron chi connectivity index (χ1n) is 18.5. The molecule has 12 nitrogen and oxygen atoms in total. The molecule has 0 saturated carbocycles. The predicted octanol–water partition coefficient (Wildman–Crippen LogP) is 11.7. The zero-order chi connectivity index (χ0) is 39.9. The molecule has 0 radical (unpaired) electrons. The second-order valence-corrected chi connectivity index (χ2v) is 18.8. The van der Waals surface area contributed by atoms with E-state index < -0.39 is 16.0 Å². The van der Waals surface area contributed by atoms with E-state index in [2.05, 4.69) is 20.8 Å². The van der Waals surface area contributed by atoms with Gasteiger partial charge in [-0.25, -0.2) is 0 Å². The van der Waals surface area contributed by atoms with Crippen molar-refractivity contribution in [2.24, 2.45) is 4.52 Å². The van der Waals surface area contributed by atoms with Crippen LogP contribution in [0.3, 0.4) is 0 Å². The Labute approximate surface area is 336 Å². The van der Waals surface area contributed by atoms with Crippen LogP contribution in [0.1, 0.15) is 37.5 Å². The topological polar surface area (TPSA) is 152 Å². The van der Waals surface area contributed by atoms with E-state index in [4.69, 9.17) is 49.5 Å². The fraction of sp³-hybridized carbons (Fsp3) is 0.143. The van der Waals surface area contributed by atoms with Crippen molar-refractivity contribution in [1.82, 2.24) is 9.21 Å². The molecule has 0 bridgehead atoms. The van der Waals surface area contributed by atoms with Gasteiger partial charge >= 0.3 is 337 Å². The van der Waals surface area contributed by atoms with Crippen molar-refractivity contribution >= 4 is 41.6 Å². The van der Waals surface area contributed by atoms with Gasteiger partial charge in [-0.05, 0) is 0 Å². The zero-order valence-electron chi connectivity index (χ0n) is 31.8. The molecule has 1 aliphatic rings. The van der Waals surface area contributed by atoms with E-state index in [9.17, 15) is 0 Å². The molecular formula is C42H45N6O6P3. The molecule has 1 aliphatic heterocycles. The molecule has 7 rings (SSSR count). The molecular weight excluding hydrogens is 777 g/mol. The molecule has 294 valence electrons. The van der Waals surface area contributed by atoms with Crippen LogP contribution in [0, 0.1) is 0 Å². The normalized spacial score (nSPS) is 17.0. The van der Waals surface area contributed by atoms with Gasteiger partial charge in [-0.2, -0.15) is 0 Å². The van der Waals surface area contributed by atoms with Crippen molar-refractivity contribution in [2.75, 3.05) is 17.2 Å². The summed E-state index contributed by atoms with van der Waals surface area (Å²) in [7, 11) is -7.47. The van der Waals surface area contributed by atoms with Gasteiger partial charge in [0.15, 0.2) is 0 Å². The Kier molecular flexibility index (Phi) is 12.0. The van der Waals surface area contributed by atoms with Crippen LogP contribution in [0.2, 0.25) is 0 Å². The Morgan fingerprint density at radius 2 is 0.807 bits per heavy atom. The first-order valence-corrected chi connectivity index (χ1v) is 22.4. The first-order chi connectivity index (χ1) is 27.6. The molecule has 0 spiro atoms. The number of nitrogens with two attached hydrogens (primary N) is 3. The Morgan fingerprint density at radius 3 is 1.18 bits per heavy atom. The molecule has 15 heteroatoms. The molecule has 0 fully saturated rings. The van der Waals surface area contributed by atoms with Gasteiger partial charge in [0.25, 0.3) is 0 Å². The minimum atomic E-state index is -5.37. The zero-order valence-corrected chi connectivity index (χ0v) is 34.5. The molecule has 1 heterocycles. The van der Waals surface area contributed by atoms with E-state index in [1.165, 1.54) is 9.21 Å². The van der Waals surface area contributed by atoms with Gasteiger partial charge in [0.1, 0.15) is 0 Å². The van der Waals surface area contributed by atoms with Crippen molar-refractivity contribution in [3.8, 4) is 34.5 Å². The fourth-order valence-corrected chi connectivity index (χ4v) is 13.2. The van der Waals surface area contributed by atoms with Gasteiger partial charge in [0.2, 0.25) is 0 Å². The van der Waals surface area contributed by atoms with Crippen molar-refractivity contribution in [3.63, 3.8) is 0 Å². The number of aryl methyl sites for hydroxylation is 3. The van der Waals surface area contributed by atoms with E-state index in [-0.39, 0.29) is 8.52 Å². The van der Waals surface area contributed by atoms with Crippen LogP contribution in [0.4, 0.5) is 17.1 Å². The predicted molar refractivity (Wildman–Crippen MR) is 231 cm³/mol. The third-order valence-corrected chi connectivity index (χ3v) is 16.0. The maximum absolute atomic E-state index is 7.27. The fourth-order valence-electron chi connectivity index (χ4n) is 5.57. The van der Waals surface area contributed by atoms with E-state index in [1.54, 1.807) is 72.8 Å². The van der Waals surface area contributed by atoms with Gasteiger partial charge in [-0.15, -0.1) is 0 Å². The second-order valence-electron chi connectivity index (χ2n) is 13.0. The maximum atomic E-state index is 7.27. The molecule has 6 N–H and O–H groups in total. The average Bonchev–Trinajstić information content (AvgIpc) is 3.23. The van der Waals surface area contributed by atoms with E-state index >= 15 is 0 Å². The summed E-state index contributed by atoms with van der Waals surface area (Å²) in [6.07, 6.45) is 2.49. The third kappa shape index (κ3) is 9.18. The number of benzene rings is 6. The Bertz CT molecular complexity index is 2140. The molecule has 1 atom stereocenters. The van der Waals surface area contributed by atoms with E-state index in [0.717, 1.165) is 36.0 Å². The van der Waals surface area contributed by atoms with Crippen LogP contribution in [0.15, 0.2) is 150 Å². The van der Waals surface area contributed by atoms with Gasteiger partial charge < -0.3 is 0 Å². The van der Waals surface area contributed by atoms with Crippen LogP contribution in [-0.2, 0) is 19.3 Å². The van der Waals surface area contributed by atoms with Gasteiger partial charge in [0, 0.05) is 0 Å². The van der Waals surface area contributed by atoms with Crippen LogP contribution >= 0.6 is 24.6 Å². The SMILES string of the molecule is CCc1ccc(OP2(Oc3ccc(CC)cc3)(Oc3ccc(CC)cc3)N=PN(Oc3ccc(N)cc3)P(Oc3ccc(N)cc3)N2Oc2ccc(N)cc2)cc1. The van der Waals surface area contributed by atoms with Gasteiger partial charge in [0.05, 0.1) is 0 Å². The molecule has 1 unspecified atom stereocenters. The van der Waals surface area contributed by atoms with Crippen molar-refractivity contribution < 1.29 is 27.8 Å². The molecule has 57 heavy (non-hydrogen) atoms. The van der Waals surface area contributed by atoms with Crippen molar-refractivity contribution in [2.45, 2.75) is 40.0 Å². The molecule has 6 aromatic rings. The summed E-state index contributed by atoms with van der Waals surface area (Å²) < 4.78 is 37.0. The number of rotatable bonds is 15. The summed E-state index contributed by atoms with van der Waals surface area (Å²) >= 11 is 0. The Hall–Kier alpha value is -5.60. The molecule has 6 aromatic carbocycles. The van der Waals surface area contributed by atoms with Crippen LogP contribution < -0.4 is 45.0 Å². The first kappa shape index (κ1) is 39.6. The quantitative estimate of drug-likeness (QED) is 0.0670. The van der Waals surface area contributed by atoms with E-state index in [0.29, 0.717) is 51.6 Å². The van der Waals surface area contributed by atoms with E-state index in [1.807, 2.05) is 72.8 Å². The second kappa shape index (κ2) is 17.3. The molecule has 0 amide bonds. The molecule has 0 aliphatic carbocycles. The Morgan fingerprint density at radius 1 is 0.474 bits per heavy atom. The molecule has 0 saturated heterocycles. The number of nitrogens with zero attached hydrogens (tertiary/aromatic N) is 3. The summed E-state index contributed by atoms with van der Waals surface area (Å²) in [4.78, 5) is 13.5. The summed E-state index contributed by atoms with van der Waals surface area (Å²) in [6.45, 7) is 6.27. The standard InChI is InChI=1S/C42H45N6O6P3/c1-4-31-7-19-40(20-8-31)52-57(53-41-21-9-32(5-2)10-22-41,54-42-23-11-33(6-3)12-24-42)46-55-47(49-37-25-13-34(43)14-26-37)56(51-39-29-17-36(45)18-30-39)48(57)50-38-27-15-35(44)16-28-38/h7-30H,4-6,43-45H2,1-3H3. The Balaban J connectivity index is 1.52. The van der Waals surface area contributed by atoms with Gasteiger partial charge in [-0.3, -0.25) is 0 Å². The van der Waals surface area contributed by atoms with Crippen molar-refractivity contribution in [3.05, 3.63) is 162 Å². The summed E-state index contributed by atoms with van der Waals surface area (Å²) in [5, 5.41) is 0. The average molecular weight is 823 g/mol. The summed E-state index contributed by atoms with van der Waals surface area (Å²) in [6, 6.07) is 44.1. The van der Waals surface area contributed by atoms with Gasteiger partial charge in [-0.1, -0.05) is 0 Å².